The van der Waals surface area contributed by atoms with Crippen LogP contribution in [-0.4, -0.2) is 30.7 Å². The molecule has 0 aliphatic heterocycles. The van der Waals surface area contributed by atoms with Gasteiger partial charge in [-0.05, 0) is 51.4 Å². The van der Waals surface area contributed by atoms with Gasteiger partial charge in [0.1, 0.15) is 28.7 Å². The fourth-order valence-electron chi connectivity index (χ4n) is 3.77. The number of halogens is 1. The van der Waals surface area contributed by atoms with Crippen molar-refractivity contribution in [1.82, 2.24) is 14.6 Å². The van der Waals surface area contributed by atoms with E-state index >= 15 is 0 Å². The van der Waals surface area contributed by atoms with Gasteiger partial charge in [-0.3, -0.25) is 14.2 Å². The second-order valence-electron chi connectivity index (χ2n) is 8.81. The SMILES string of the molecule is CC.CNSNc1cc(OC)cc(Oc2c(C(=O)NC3CC3)c(Nc3ccc(C)cc3F)n(C)c(=O)c2C)c1. The highest BCUT2D eigenvalue weighted by Gasteiger charge is 2.30. The number of nitrogens with one attached hydrogen (secondary N) is 4. The smallest absolute Gasteiger partial charge is 0.259 e. The maximum Gasteiger partial charge on any atom is 0.259 e. The molecule has 0 atom stereocenters. The molecule has 39 heavy (non-hydrogen) atoms. The van der Waals surface area contributed by atoms with Crippen LogP contribution in [0.4, 0.5) is 21.6 Å². The van der Waals surface area contributed by atoms with Gasteiger partial charge in [-0.1, -0.05) is 19.9 Å². The molecule has 210 valence electrons. The van der Waals surface area contributed by atoms with Gasteiger partial charge in [-0.2, -0.15) is 0 Å². The highest BCUT2D eigenvalue weighted by molar-refractivity contribution is 7.98. The van der Waals surface area contributed by atoms with Crippen LogP contribution in [0.1, 0.15) is 48.2 Å². The molecule has 0 radical (unpaired) electrons. The summed E-state index contributed by atoms with van der Waals surface area (Å²) in [6, 6.07) is 9.89. The molecule has 0 spiro atoms. The summed E-state index contributed by atoms with van der Waals surface area (Å²) in [7, 11) is 4.84. The molecule has 3 aromatic rings. The van der Waals surface area contributed by atoms with Crippen LogP contribution >= 0.6 is 12.1 Å². The van der Waals surface area contributed by atoms with E-state index in [0.717, 1.165) is 18.4 Å². The van der Waals surface area contributed by atoms with Crippen LogP contribution in [0.3, 0.4) is 0 Å². The second kappa shape index (κ2) is 13.4. The molecule has 4 rings (SSSR count). The summed E-state index contributed by atoms with van der Waals surface area (Å²) in [6.07, 6.45) is 1.74. The molecule has 11 heteroatoms. The van der Waals surface area contributed by atoms with Gasteiger partial charge >= 0.3 is 0 Å². The highest BCUT2D eigenvalue weighted by Crippen LogP contribution is 2.37. The summed E-state index contributed by atoms with van der Waals surface area (Å²) in [6.45, 7) is 7.37. The number of ether oxygens (including phenoxy) is 2. The first-order chi connectivity index (χ1) is 18.7. The minimum atomic E-state index is -0.505. The van der Waals surface area contributed by atoms with Gasteiger partial charge < -0.3 is 24.8 Å². The van der Waals surface area contributed by atoms with Crippen molar-refractivity contribution in [2.24, 2.45) is 7.05 Å². The Morgan fingerprint density at radius 2 is 1.79 bits per heavy atom. The lowest BCUT2D eigenvalue weighted by Gasteiger charge is -2.21. The summed E-state index contributed by atoms with van der Waals surface area (Å²) in [5.74, 6) is 0.146. The highest BCUT2D eigenvalue weighted by atomic mass is 32.2. The van der Waals surface area contributed by atoms with E-state index in [0.29, 0.717) is 17.2 Å². The fraction of sp³-hybridized carbons (Fsp3) is 0.357. The lowest BCUT2D eigenvalue weighted by atomic mass is 10.1. The van der Waals surface area contributed by atoms with Gasteiger partial charge in [-0.25, -0.2) is 9.11 Å². The predicted molar refractivity (Wildman–Crippen MR) is 156 cm³/mol. The standard InChI is InChI=1S/C26H30FN5O4S.C2H6/c1-14-6-9-21(20(27)10-14)30-24-22(25(33)29-16-7-8-16)23(15(2)26(34)32(24)4)36-19-12-17(31-37-28-3)11-18(13-19)35-5;1-2/h6,9-13,16,28,30-31H,7-8H2,1-5H3,(H,29,33);1-2H3. The number of hydrogen-bond acceptors (Lipinski definition) is 8. The first kappa shape index (κ1) is 29.9. The van der Waals surface area contributed by atoms with Gasteiger partial charge in [0, 0.05) is 43.4 Å². The van der Waals surface area contributed by atoms with E-state index in [4.69, 9.17) is 9.47 Å². The topological polar surface area (TPSA) is 106 Å². The number of aromatic nitrogens is 1. The number of methoxy groups -OCH3 is 1. The Morgan fingerprint density at radius 1 is 1.10 bits per heavy atom. The number of nitrogens with zero attached hydrogens (tertiary/aromatic N) is 1. The number of pyridine rings is 1. The summed E-state index contributed by atoms with van der Waals surface area (Å²) in [5.41, 5.74) is 1.51. The third kappa shape index (κ3) is 7.24. The van der Waals surface area contributed by atoms with E-state index in [1.807, 2.05) is 13.8 Å². The normalized spacial score (nSPS) is 12.2. The van der Waals surface area contributed by atoms with Crippen LogP contribution in [0.5, 0.6) is 17.2 Å². The minimum absolute atomic E-state index is 0.0491. The quantitative estimate of drug-likeness (QED) is 0.232. The number of carbonyl (C=O) groups excluding carboxylic acids is 1. The fourth-order valence-corrected chi connectivity index (χ4v) is 4.10. The number of rotatable bonds is 10. The molecular formula is C28H36FN5O4S. The molecule has 1 heterocycles. The van der Waals surface area contributed by atoms with E-state index in [9.17, 15) is 14.0 Å². The monoisotopic (exact) mass is 557 g/mol. The van der Waals surface area contributed by atoms with Crippen LogP contribution in [0, 0.1) is 19.7 Å². The second-order valence-corrected chi connectivity index (χ2v) is 9.62. The van der Waals surface area contributed by atoms with Gasteiger partial charge in [0.2, 0.25) is 0 Å². The van der Waals surface area contributed by atoms with Crippen molar-refractivity contribution in [2.75, 3.05) is 24.2 Å². The Balaban J connectivity index is 0.00000205. The van der Waals surface area contributed by atoms with E-state index in [2.05, 4.69) is 20.1 Å². The van der Waals surface area contributed by atoms with E-state index in [-0.39, 0.29) is 40.0 Å². The molecule has 0 unspecified atom stereocenters. The summed E-state index contributed by atoms with van der Waals surface area (Å²) >= 11 is 1.26. The molecule has 9 nitrogen and oxygen atoms in total. The molecule has 1 amide bonds. The molecule has 1 aliphatic carbocycles. The number of carbonyl (C=O) groups is 1. The lowest BCUT2D eigenvalue weighted by molar-refractivity contribution is 0.0948. The summed E-state index contributed by atoms with van der Waals surface area (Å²) in [5, 5.41) is 5.93. The maximum absolute atomic E-state index is 14.8. The number of anilines is 3. The Hall–Kier alpha value is -3.70. The van der Waals surface area contributed by atoms with Crippen molar-refractivity contribution in [3.05, 3.63) is 69.3 Å². The number of benzene rings is 2. The third-order valence-electron chi connectivity index (χ3n) is 5.89. The molecule has 1 saturated carbocycles. The van der Waals surface area contributed by atoms with Crippen molar-refractivity contribution in [1.29, 1.82) is 0 Å². The van der Waals surface area contributed by atoms with Gasteiger partial charge in [0.15, 0.2) is 5.75 Å². The first-order valence-corrected chi connectivity index (χ1v) is 13.6. The molecule has 0 bridgehead atoms. The molecule has 1 aromatic heterocycles. The van der Waals surface area contributed by atoms with Crippen LogP contribution in [0.2, 0.25) is 0 Å². The molecule has 1 aliphatic rings. The van der Waals surface area contributed by atoms with Crippen molar-refractivity contribution < 1.29 is 18.7 Å². The van der Waals surface area contributed by atoms with Gasteiger partial charge in [0.05, 0.1) is 24.0 Å². The van der Waals surface area contributed by atoms with Crippen molar-refractivity contribution in [2.45, 2.75) is 46.6 Å². The van der Waals surface area contributed by atoms with Gasteiger partial charge in [0.25, 0.3) is 11.5 Å². The molecule has 2 aromatic carbocycles. The number of amides is 1. The Kier molecular flexibility index (Phi) is 10.2. The Labute approximate surface area is 232 Å². The Bertz CT molecular complexity index is 1390. The first-order valence-electron chi connectivity index (χ1n) is 12.7. The maximum atomic E-state index is 14.8. The molecule has 0 saturated heterocycles. The van der Waals surface area contributed by atoms with E-state index in [1.54, 1.807) is 51.2 Å². The van der Waals surface area contributed by atoms with E-state index < -0.39 is 11.7 Å². The Morgan fingerprint density at radius 3 is 2.41 bits per heavy atom. The van der Waals surface area contributed by atoms with Crippen molar-refractivity contribution in [3.8, 4) is 17.2 Å². The van der Waals surface area contributed by atoms with E-state index in [1.165, 1.54) is 36.9 Å². The van der Waals surface area contributed by atoms with Crippen molar-refractivity contribution >= 4 is 35.2 Å². The summed E-state index contributed by atoms with van der Waals surface area (Å²) in [4.78, 5) is 26.8. The van der Waals surface area contributed by atoms with Crippen LogP contribution in [0.25, 0.3) is 0 Å². The zero-order valence-electron chi connectivity index (χ0n) is 23.3. The molecule has 1 fully saturated rings. The average Bonchev–Trinajstić information content (AvgIpc) is 3.75. The summed E-state index contributed by atoms with van der Waals surface area (Å²) < 4.78 is 33.7. The van der Waals surface area contributed by atoms with Crippen molar-refractivity contribution in [3.63, 3.8) is 0 Å². The average molecular weight is 558 g/mol. The molecule has 4 N–H and O–H groups in total. The molecular weight excluding hydrogens is 521 g/mol. The van der Waals surface area contributed by atoms with Gasteiger partial charge in [-0.15, -0.1) is 0 Å². The van der Waals surface area contributed by atoms with Crippen LogP contribution in [0.15, 0.2) is 41.2 Å². The third-order valence-corrected chi connectivity index (χ3v) is 6.43. The lowest BCUT2D eigenvalue weighted by Crippen LogP contribution is -2.31. The zero-order chi connectivity index (χ0) is 28.7. The predicted octanol–water partition coefficient (Wildman–Crippen LogP) is 5.80. The van der Waals surface area contributed by atoms with Crippen LogP contribution < -0.4 is 35.1 Å². The largest absolute Gasteiger partial charge is 0.497 e. The van der Waals surface area contributed by atoms with Crippen LogP contribution in [-0.2, 0) is 7.05 Å². The zero-order valence-corrected chi connectivity index (χ0v) is 24.1. The number of aryl methyl sites for hydroxylation is 1. The minimum Gasteiger partial charge on any atom is -0.497 e. The number of hydrogen-bond donors (Lipinski definition) is 4.